The lowest BCUT2D eigenvalue weighted by atomic mass is 9.92. The molecule has 34 heavy (non-hydrogen) atoms. The van der Waals surface area contributed by atoms with Gasteiger partial charge in [0.15, 0.2) is 0 Å². The Morgan fingerprint density at radius 2 is 1.50 bits per heavy atom. The minimum atomic E-state index is -4.91. The number of anilines is 1. The van der Waals surface area contributed by atoms with Crippen molar-refractivity contribution in [2.24, 2.45) is 0 Å². The van der Waals surface area contributed by atoms with E-state index in [0.717, 1.165) is 4.90 Å². The van der Waals surface area contributed by atoms with E-state index < -0.39 is 23.5 Å². The minimum Gasteiger partial charge on any atom is -0.416 e. The first-order valence-electron chi connectivity index (χ1n) is 10.8. The van der Waals surface area contributed by atoms with Gasteiger partial charge in [-0.15, -0.1) is 0 Å². The van der Waals surface area contributed by atoms with Gasteiger partial charge < -0.3 is 9.32 Å². The highest BCUT2D eigenvalue weighted by molar-refractivity contribution is 6.13. The molecule has 1 aromatic heterocycles. The maximum absolute atomic E-state index is 14.2. The Kier molecular flexibility index (Phi) is 6.17. The van der Waals surface area contributed by atoms with Crippen LogP contribution in [0.5, 0.6) is 0 Å². The van der Waals surface area contributed by atoms with Crippen LogP contribution >= 0.6 is 0 Å². The SMILES string of the molecule is CN(C(=O)c1ccccc1)c1c(C2CC2)c(C(c2ccccc2)=[N+](C)C)c(C(F)(F)F)oc1=O. The average molecular weight is 469 g/mol. The molecule has 8 heteroatoms. The van der Waals surface area contributed by atoms with E-state index in [9.17, 15) is 22.8 Å². The molecule has 0 aliphatic heterocycles. The monoisotopic (exact) mass is 469 g/mol. The van der Waals surface area contributed by atoms with E-state index in [1.807, 2.05) is 0 Å². The summed E-state index contributed by atoms with van der Waals surface area (Å²) < 4.78 is 49.3. The number of carbonyl (C=O) groups excluding carboxylic acids is 1. The average Bonchev–Trinajstić information content (AvgIpc) is 3.64. The van der Waals surface area contributed by atoms with Crippen LogP contribution in [0.4, 0.5) is 18.9 Å². The third-order valence-electron chi connectivity index (χ3n) is 5.77. The molecule has 5 nitrogen and oxygen atoms in total. The van der Waals surface area contributed by atoms with Gasteiger partial charge in [0.2, 0.25) is 11.5 Å². The largest absolute Gasteiger partial charge is 0.450 e. The lowest BCUT2D eigenvalue weighted by Gasteiger charge is -2.23. The zero-order valence-electron chi connectivity index (χ0n) is 19.0. The molecule has 1 saturated carbocycles. The van der Waals surface area contributed by atoms with Crippen molar-refractivity contribution >= 4 is 17.3 Å². The molecule has 0 saturated heterocycles. The predicted octanol–water partition coefficient (Wildman–Crippen LogP) is 4.92. The molecular weight excluding hydrogens is 445 g/mol. The van der Waals surface area contributed by atoms with Crippen molar-refractivity contribution in [1.29, 1.82) is 0 Å². The molecule has 2 aromatic carbocycles. The molecule has 0 N–H and O–H groups in total. The molecule has 0 bridgehead atoms. The summed E-state index contributed by atoms with van der Waals surface area (Å²) in [4.78, 5) is 27.3. The highest BCUT2D eigenvalue weighted by atomic mass is 19.4. The summed E-state index contributed by atoms with van der Waals surface area (Å²) in [5.74, 6) is -2.15. The quantitative estimate of drug-likeness (QED) is 0.394. The van der Waals surface area contributed by atoms with Crippen LogP contribution in [0, 0.1) is 0 Å². The molecule has 1 heterocycles. The zero-order chi connectivity index (χ0) is 24.6. The lowest BCUT2D eigenvalue weighted by Crippen LogP contribution is -2.34. The van der Waals surface area contributed by atoms with Gasteiger partial charge in [0.1, 0.15) is 25.3 Å². The van der Waals surface area contributed by atoms with Crippen molar-refractivity contribution in [3.05, 3.63) is 99.1 Å². The van der Waals surface area contributed by atoms with Crippen LogP contribution in [0.25, 0.3) is 0 Å². The van der Waals surface area contributed by atoms with E-state index >= 15 is 0 Å². The summed E-state index contributed by atoms with van der Waals surface area (Å²) in [6.45, 7) is 0. The van der Waals surface area contributed by atoms with Crippen LogP contribution in [0.3, 0.4) is 0 Å². The number of rotatable bonds is 5. The van der Waals surface area contributed by atoms with Crippen molar-refractivity contribution in [2.75, 3.05) is 26.0 Å². The van der Waals surface area contributed by atoms with Crippen LogP contribution in [0.2, 0.25) is 0 Å². The Hall–Kier alpha value is -3.68. The first-order chi connectivity index (χ1) is 16.1. The van der Waals surface area contributed by atoms with E-state index in [0.29, 0.717) is 24.0 Å². The van der Waals surface area contributed by atoms with Crippen LogP contribution in [-0.2, 0) is 6.18 Å². The maximum atomic E-state index is 14.2. The van der Waals surface area contributed by atoms with Crippen molar-refractivity contribution in [3.8, 4) is 0 Å². The summed E-state index contributed by atoms with van der Waals surface area (Å²) in [5, 5.41) is 0. The van der Waals surface area contributed by atoms with Crippen molar-refractivity contribution in [3.63, 3.8) is 0 Å². The Bertz CT molecular complexity index is 1300. The van der Waals surface area contributed by atoms with Gasteiger partial charge in [-0.3, -0.25) is 4.79 Å². The van der Waals surface area contributed by atoms with Gasteiger partial charge in [-0.2, -0.15) is 13.2 Å². The fourth-order valence-electron chi connectivity index (χ4n) is 4.16. The highest BCUT2D eigenvalue weighted by Gasteiger charge is 2.46. The summed E-state index contributed by atoms with van der Waals surface area (Å²) in [5.41, 5.74) is -0.230. The smallest absolute Gasteiger partial charge is 0.416 e. The number of carbonyl (C=O) groups is 1. The Morgan fingerprint density at radius 1 is 0.971 bits per heavy atom. The molecule has 0 unspecified atom stereocenters. The molecule has 1 fully saturated rings. The lowest BCUT2D eigenvalue weighted by molar-refractivity contribution is -0.463. The van der Waals surface area contributed by atoms with Gasteiger partial charge >= 0.3 is 11.8 Å². The molecule has 3 aromatic rings. The van der Waals surface area contributed by atoms with Gasteiger partial charge in [0.05, 0.1) is 0 Å². The second kappa shape index (κ2) is 8.93. The molecule has 1 amide bonds. The molecule has 0 atom stereocenters. The van der Waals surface area contributed by atoms with Gasteiger partial charge in [-0.1, -0.05) is 36.4 Å². The van der Waals surface area contributed by atoms with Crippen LogP contribution in [-0.4, -0.2) is 37.3 Å². The van der Waals surface area contributed by atoms with Gasteiger partial charge in [0, 0.05) is 23.7 Å². The van der Waals surface area contributed by atoms with E-state index in [-0.39, 0.29) is 28.4 Å². The van der Waals surface area contributed by atoms with Crippen molar-refractivity contribution in [2.45, 2.75) is 24.9 Å². The van der Waals surface area contributed by atoms with Gasteiger partial charge in [0.25, 0.3) is 5.91 Å². The molecular formula is C26H24F3N2O3+. The molecule has 176 valence electrons. The molecule has 1 aliphatic carbocycles. The number of halogens is 3. The predicted molar refractivity (Wildman–Crippen MR) is 123 cm³/mol. The summed E-state index contributed by atoms with van der Waals surface area (Å²) in [6.07, 6.45) is -3.68. The highest BCUT2D eigenvalue weighted by Crippen LogP contribution is 2.48. The third kappa shape index (κ3) is 4.40. The maximum Gasteiger partial charge on any atom is 0.450 e. The molecule has 1 aliphatic rings. The Balaban J connectivity index is 2.05. The first-order valence-corrected chi connectivity index (χ1v) is 10.8. The van der Waals surface area contributed by atoms with Gasteiger partial charge in [-0.05, 0) is 43.0 Å². The standard InChI is InChI=1S/C26H24F3N2O3/c1-30(2)21(17-10-6-4-7-11-17)20-19(16-14-15-16)22(25(33)34-23(20)26(27,28)29)31(3)24(32)18-12-8-5-9-13-18/h4-13,16H,14-15H2,1-3H3/q+1. The van der Waals surface area contributed by atoms with Crippen LogP contribution < -0.4 is 10.5 Å². The van der Waals surface area contributed by atoms with Gasteiger partial charge in [-0.25, -0.2) is 9.37 Å². The minimum absolute atomic E-state index is 0.158. The summed E-state index contributed by atoms with van der Waals surface area (Å²) in [6, 6.07) is 16.9. The normalized spacial score (nSPS) is 13.5. The molecule has 0 spiro atoms. The van der Waals surface area contributed by atoms with E-state index in [4.69, 9.17) is 4.42 Å². The summed E-state index contributed by atoms with van der Waals surface area (Å²) in [7, 11) is 4.67. The Labute approximate surface area is 194 Å². The number of benzene rings is 2. The topological polar surface area (TPSA) is 53.5 Å². The molecule has 0 radical (unpaired) electrons. The first kappa shape index (κ1) is 23.5. The second-order valence-electron chi connectivity index (χ2n) is 8.47. The Morgan fingerprint density at radius 3 is 1.97 bits per heavy atom. The van der Waals surface area contributed by atoms with E-state index in [1.165, 1.54) is 7.05 Å². The number of alkyl halides is 3. The number of hydrogen-bond donors (Lipinski definition) is 0. The van der Waals surface area contributed by atoms with E-state index in [1.54, 1.807) is 79.3 Å². The second-order valence-corrected chi connectivity index (χ2v) is 8.47. The zero-order valence-corrected chi connectivity index (χ0v) is 19.0. The van der Waals surface area contributed by atoms with Crippen molar-refractivity contribution < 1.29 is 27.0 Å². The van der Waals surface area contributed by atoms with Crippen LogP contribution in [0.1, 0.15) is 51.6 Å². The fraction of sp³-hybridized carbons (Fsp3) is 0.269. The number of hydrogen-bond acceptors (Lipinski definition) is 3. The fourth-order valence-corrected chi connectivity index (χ4v) is 4.16. The van der Waals surface area contributed by atoms with Crippen molar-refractivity contribution in [1.82, 2.24) is 0 Å². The third-order valence-corrected chi connectivity index (χ3v) is 5.77. The number of nitrogens with zero attached hydrogens (tertiary/aromatic N) is 2. The molecule has 4 rings (SSSR count). The number of amides is 1. The summed E-state index contributed by atoms with van der Waals surface area (Å²) >= 11 is 0. The van der Waals surface area contributed by atoms with E-state index in [2.05, 4.69) is 0 Å². The van der Waals surface area contributed by atoms with Crippen LogP contribution in [0.15, 0.2) is 69.9 Å².